The largest absolute Gasteiger partial charge is 0.478 e. The minimum atomic E-state index is -1.23. The first-order valence-corrected chi connectivity index (χ1v) is 9.59. The number of fused-ring (bicyclic) bond motifs is 1. The van der Waals surface area contributed by atoms with Gasteiger partial charge in [0, 0.05) is 0 Å². The molecule has 0 saturated heterocycles. The molecule has 0 unspecified atom stereocenters. The van der Waals surface area contributed by atoms with Crippen LogP contribution in [0, 0.1) is 17.8 Å². The molecule has 0 radical (unpaired) electrons. The number of hydrogen-bond acceptors (Lipinski definition) is 5. The molecule has 0 fully saturated rings. The summed E-state index contributed by atoms with van der Waals surface area (Å²) in [5, 5.41) is 19.4. The minimum absolute atomic E-state index is 0.0106. The molecule has 7 heteroatoms. The second-order valence-electron chi connectivity index (χ2n) is 6.42. The summed E-state index contributed by atoms with van der Waals surface area (Å²) in [6, 6.07) is 7.51. The van der Waals surface area contributed by atoms with Gasteiger partial charge in [-0.3, -0.25) is 0 Å². The Morgan fingerprint density at radius 3 is 2.12 bits per heavy atom. The molecule has 25 heavy (non-hydrogen) atoms. The number of carbonyl (C=O) groups is 2. The summed E-state index contributed by atoms with van der Waals surface area (Å²) in [5.74, 6) is -2.75. The van der Waals surface area contributed by atoms with Crippen molar-refractivity contribution in [1.29, 1.82) is 0 Å². The predicted molar refractivity (Wildman–Crippen MR) is 101 cm³/mol. The molecule has 2 aromatic rings. The van der Waals surface area contributed by atoms with Crippen LogP contribution < -0.4 is 0 Å². The number of benzene rings is 1. The highest BCUT2D eigenvalue weighted by molar-refractivity contribution is 8.05. The zero-order valence-corrected chi connectivity index (χ0v) is 16.1. The number of thiazole rings is 1. The second-order valence-corrected chi connectivity index (χ2v) is 8.70. The Bertz CT molecular complexity index is 782. The highest BCUT2D eigenvalue weighted by Gasteiger charge is 2.33. The van der Waals surface area contributed by atoms with Crippen molar-refractivity contribution in [2.45, 2.75) is 32.0 Å². The number of aliphatic carboxylic acids is 2. The third-order valence-electron chi connectivity index (χ3n) is 3.90. The monoisotopic (exact) mass is 379 g/mol. The molecular weight excluding hydrogens is 358 g/mol. The normalized spacial score (nSPS) is 12.9. The van der Waals surface area contributed by atoms with Crippen LogP contribution in [0.4, 0.5) is 0 Å². The number of rotatable bonds is 7. The van der Waals surface area contributed by atoms with E-state index in [2.05, 4.69) is 4.98 Å². The Morgan fingerprint density at radius 1 is 1.04 bits per heavy atom. The number of thioether (sulfide) groups is 1. The van der Waals surface area contributed by atoms with Crippen LogP contribution in [0.15, 0.2) is 39.1 Å². The fourth-order valence-corrected chi connectivity index (χ4v) is 5.15. The molecule has 1 aromatic heterocycles. The van der Waals surface area contributed by atoms with Gasteiger partial charge in [0.25, 0.3) is 0 Å². The molecular formula is C18H21NO4S2. The van der Waals surface area contributed by atoms with Crippen LogP contribution in [0.5, 0.6) is 0 Å². The first kappa shape index (κ1) is 19.5. The van der Waals surface area contributed by atoms with Crippen LogP contribution in [0.1, 0.15) is 27.7 Å². The Kier molecular flexibility index (Phi) is 6.24. The van der Waals surface area contributed by atoms with E-state index in [-0.39, 0.29) is 28.2 Å². The van der Waals surface area contributed by atoms with E-state index in [1.807, 2.05) is 52.0 Å². The molecule has 134 valence electrons. The fourth-order valence-electron chi connectivity index (χ4n) is 3.02. The van der Waals surface area contributed by atoms with Gasteiger partial charge in [-0.05, 0) is 29.9 Å². The number of carboxylic acid groups (broad SMARTS) is 2. The molecule has 0 aliphatic rings. The third kappa shape index (κ3) is 4.41. The molecule has 0 aliphatic carbocycles. The van der Waals surface area contributed by atoms with Crippen molar-refractivity contribution in [3.8, 4) is 0 Å². The van der Waals surface area contributed by atoms with Gasteiger partial charge >= 0.3 is 11.9 Å². The second kappa shape index (κ2) is 8.01. The predicted octanol–water partition coefficient (Wildman–Crippen LogP) is 4.74. The Balaban J connectivity index is 2.56. The molecule has 0 saturated carbocycles. The third-order valence-corrected chi connectivity index (χ3v) is 6.10. The average Bonchev–Trinajstić information content (AvgIpc) is 2.91. The van der Waals surface area contributed by atoms with Crippen molar-refractivity contribution in [3.63, 3.8) is 0 Å². The highest BCUT2D eigenvalue weighted by atomic mass is 32.2. The average molecular weight is 380 g/mol. The van der Waals surface area contributed by atoms with Crippen molar-refractivity contribution >= 4 is 45.3 Å². The highest BCUT2D eigenvalue weighted by Crippen LogP contribution is 2.39. The molecule has 1 aromatic carbocycles. The van der Waals surface area contributed by atoms with E-state index in [4.69, 9.17) is 0 Å². The molecule has 0 atom stereocenters. The summed E-state index contributed by atoms with van der Waals surface area (Å²) in [6.07, 6.45) is 0. The van der Waals surface area contributed by atoms with Gasteiger partial charge in [-0.1, -0.05) is 51.6 Å². The van der Waals surface area contributed by atoms with Gasteiger partial charge in [0.2, 0.25) is 0 Å². The number of carboxylic acids is 2. The van der Waals surface area contributed by atoms with E-state index in [0.29, 0.717) is 4.34 Å². The van der Waals surface area contributed by atoms with Crippen LogP contribution in [0.25, 0.3) is 10.2 Å². The molecule has 2 rings (SSSR count). The van der Waals surface area contributed by atoms with Crippen molar-refractivity contribution < 1.29 is 19.8 Å². The maximum absolute atomic E-state index is 11.9. The maximum atomic E-state index is 11.9. The van der Waals surface area contributed by atoms with Crippen LogP contribution in [-0.2, 0) is 9.59 Å². The minimum Gasteiger partial charge on any atom is -0.478 e. The molecule has 2 N–H and O–H groups in total. The summed E-state index contributed by atoms with van der Waals surface area (Å²) in [7, 11) is 0. The van der Waals surface area contributed by atoms with Crippen molar-refractivity contribution in [2.24, 2.45) is 17.8 Å². The summed E-state index contributed by atoms with van der Waals surface area (Å²) in [6.45, 7) is 7.65. The lowest BCUT2D eigenvalue weighted by atomic mass is 9.79. The lowest BCUT2D eigenvalue weighted by molar-refractivity contribution is -0.136. The first-order chi connectivity index (χ1) is 11.7. The van der Waals surface area contributed by atoms with Gasteiger partial charge < -0.3 is 10.2 Å². The molecule has 0 bridgehead atoms. The van der Waals surface area contributed by atoms with E-state index in [1.54, 1.807) is 0 Å². The number of nitrogens with zero attached hydrogens (tertiary/aromatic N) is 1. The molecule has 0 spiro atoms. The Labute approximate surface area is 154 Å². The Hall–Kier alpha value is -1.86. The summed E-state index contributed by atoms with van der Waals surface area (Å²) >= 11 is 2.29. The van der Waals surface area contributed by atoms with Gasteiger partial charge in [0.05, 0.1) is 15.8 Å². The zero-order chi connectivity index (χ0) is 18.7. The van der Waals surface area contributed by atoms with Gasteiger partial charge in [-0.25, -0.2) is 14.6 Å². The molecule has 5 nitrogen and oxygen atoms in total. The van der Waals surface area contributed by atoms with Crippen LogP contribution >= 0.6 is 23.1 Å². The van der Waals surface area contributed by atoms with E-state index in [1.165, 1.54) is 11.3 Å². The van der Waals surface area contributed by atoms with Crippen molar-refractivity contribution in [1.82, 2.24) is 4.98 Å². The topological polar surface area (TPSA) is 87.5 Å². The van der Waals surface area contributed by atoms with E-state index in [0.717, 1.165) is 22.0 Å². The SMILES string of the molecule is CC(C)C(C(C(=O)O)=C(Sc1nc2ccccc2s1)C(=O)O)C(C)C. The standard InChI is InChI=1S/C18H21NO4S2/c1-9(2)13(10(3)4)14(16(20)21)15(17(22)23)25-18-19-11-7-5-6-8-12(11)24-18/h5-10,13H,1-4H3,(H,20,21)(H,22,23). The van der Waals surface area contributed by atoms with E-state index >= 15 is 0 Å². The lowest BCUT2D eigenvalue weighted by Crippen LogP contribution is -2.26. The molecule has 0 amide bonds. The van der Waals surface area contributed by atoms with Crippen molar-refractivity contribution in [3.05, 3.63) is 34.7 Å². The molecule has 0 aliphatic heterocycles. The Morgan fingerprint density at radius 2 is 1.64 bits per heavy atom. The van der Waals surface area contributed by atoms with Gasteiger partial charge in [0.1, 0.15) is 4.91 Å². The zero-order valence-electron chi connectivity index (χ0n) is 14.5. The van der Waals surface area contributed by atoms with Crippen LogP contribution in [-0.4, -0.2) is 27.1 Å². The lowest BCUT2D eigenvalue weighted by Gasteiger charge is -2.26. The van der Waals surface area contributed by atoms with Crippen molar-refractivity contribution in [2.75, 3.05) is 0 Å². The van der Waals surface area contributed by atoms with Gasteiger partial charge in [-0.15, -0.1) is 11.3 Å². The summed E-state index contributed by atoms with van der Waals surface area (Å²) in [5.41, 5.74) is 0.739. The summed E-state index contributed by atoms with van der Waals surface area (Å²) in [4.78, 5) is 28.0. The quantitative estimate of drug-likeness (QED) is 0.534. The van der Waals surface area contributed by atoms with Crippen LogP contribution in [0.3, 0.4) is 0 Å². The number of hydrogen-bond donors (Lipinski definition) is 2. The van der Waals surface area contributed by atoms with Gasteiger partial charge in [-0.2, -0.15) is 0 Å². The first-order valence-electron chi connectivity index (χ1n) is 7.96. The van der Waals surface area contributed by atoms with Gasteiger partial charge in [0.15, 0.2) is 4.34 Å². The molecule has 1 heterocycles. The maximum Gasteiger partial charge on any atom is 0.343 e. The number of para-hydroxylation sites is 1. The fraction of sp³-hybridized carbons (Fsp3) is 0.389. The summed E-state index contributed by atoms with van der Waals surface area (Å²) < 4.78 is 1.47. The van der Waals surface area contributed by atoms with Crippen LogP contribution in [0.2, 0.25) is 0 Å². The smallest absolute Gasteiger partial charge is 0.343 e. The van der Waals surface area contributed by atoms with E-state index < -0.39 is 11.9 Å². The number of aromatic nitrogens is 1. The van der Waals surface area contributed by atoms with E-state index in [9.17, 15) is 19.8 Å².